The van der Waals surface area contributed by atoms with Gasteiger partial charge < -0.3 is 38.5 Å². The van der Waals surface area contributed by atoms with Crippen LogP contribution in [-0.4, -0.2) is 85.3 Å². The van der Waals surface area contributed by atoms with Gasteiger partial charge in [0, 0.05) is 5.69 Å². The molecule has 0 aliphatic rings. The van der Waals surface area contributed by atoms with Crippen molar-refractivity contribution in [1.82, 2.24) is 0 Å². The molecule has 0 saturated carbocycles. The summed E-state index contributed by atoms with van der Waals surface area (Å²) < 4.78 is 77.0. The fourth-order valence-electron chi connectivity index (χ4n) is 3.69. The first-order valence-electron chi connectivity index (χ1n) is 14.2. The largest absolute Gasteiger partial charge is 0.491 e. The average Bonchev–Trinajstić information content (AvgIpc) is 3.02. The minimum Gasteiger partial charge on any atom is -0.491 e. The number of hydrogen-bond donors (Lipinski definition) is 1. The lowest BCUT2D eigenvalue weighted by atomic mass is 10.1. The van der Waals surface area contributed by atoms with Crippen molar-refractivity contribution in [2.24, 2.45) is 0 Å². The third-order valence-corrected chi connectivity index (χ3v) is 5.80. The topological polar surface area (TPSA) is 93.7 Å². The highest BCUT2D eigenvalue weighted by atomic mass is 19.4. The Morgan fingerprint density at radius 3 is 1.70 bits per heavy atom. The van der Waals surface area contributed by atoms with Gasteiger partial charge in [0.05, 0.1) is 82.9 Å². The summed E-state index contributed by atoms with van der Waals surface area (Å²) in [5, 5.41) is 2.86. The van der Waals surface area contributed by atoms with E-state index in [0.717, 1.165) is 17.9 Å². The minimum atomic E-state index is -4.47. The molecule has 0 aliphatic heterocycles. The van der Waals surface area contributed by atoms with Gasteiger partial charge in [-0.15, -0.1) is 0 Å². The highest BCUT2D eigenvalue weighted by Gasteiger charge is 2.30. The molecule has 0 saturated heterocycles. The summed E-state index contributed by atoms with van der Waals surface area (Å²) in [6.45, 7) is 4.47. The first kappa shape index (κ1) is 34.8. The molecule has 240 valence electrons. The highest BCUT2D eigenvalue weighted by Crippen LogP contribution is 2.32. The molecule has 44 heavy (non-hydrogen) atoms. The number of hydrogen-bond acceptors (Lipinski definition) is 9. The van der Waals surface area contributed by atoms with Crippen molar-refractivity contribution in [1.29, 1.82) is 0 Å². The number of anilines is 2. The Bertz CT molecular complexity index is 1210. The normalized spacial score (nSPS) is 11.3. The summed E-state index contributed by atoms with van der Waals surface area (Å²) in [5.41, 5.74) is -0.0726. The van der Waals surface area contributed by atoms with Gasteiger partial charge in [-0.05, 0) is 42.5 Å². The summed E-state index contributed by atoms with van der Waals surface area (Å²) in [7, 11) is 0. The number of rotatable bonds is 22. The van der Waals surface area contributed by atoms with Gasteiger partial charge in [-0.1, -0.05) is 36.4 Å². The molecule has 0 spiro atoms. The van der Waals surface area contributed by atoms with Gasteiger partial charge >= 0.3 is 12.1 Å². The molecule has 9 nitrogen and oxygen atoms in total. The quantitative estimate of drug-likeness (QED) is 0.111. The fraction of sp³-hybridized carbons (Fsp3) is 0.406. The molecular formula is C32H38F3NO8. The zero-order chi connectivity index (χ0) is 31.3. The van der Waals surface area contributed by atoms with Gasteiger partial charge in [0.2, 0.25) is 0 Å². The average molecular weight is 622 g/mol. The predicted molar refractivity (Wildman–Crippen MR) is 157 cm³/mol. The van der Waals surface area contributed by atoms with Crippen molar-refractivity contribution in [2.75, 3.05) is 84.6 Å². The molecule has 1 N–H and O–H groups in total. The Morgan fingerprint density at radius 1 is 0.591 bits per heavy atom. The van der Waals surface area contributed by atoms with Gasteiger partial charge in [-0.2, -0.15) is 13.2 Å². The van der Waals surface area contributed by atoms with Crippen molar-refractivity contribution in [3.8, 4) is 5.75 Å². The number of carbonyl (C=O) groups is 1. The maximum Gasteiger partial charge on any atom is 0.416 e. The van der Waals surface area contributed by atoms with Crippen molar-refractivity contribution in [2.45, 2.75) is 6.18 Å². The minimum absolute atomic E-state index is 0.00629. The van der Waals surface area contributed by atoms with Crippen LogP contribution in [0.25, 0.3) is 0 Å². The predicted octanol–water partition coefficient (Wildman–Crippen LogP) is 5.77. The molecule has 0 bridgehead atoms. The lowest BCUT2D eigenvalue weighted by Gasteiger charge is -2.13. The maximum atomic E-state index is 13.0. The van der Waals surface area contributed by atoms with E-state index in [0.29, 0.717) is 71.8 Å². The SMILES string of the molecule is O=C(OCCOCCOCCOCCOCCOCCOc1ccccc1)c1ccccc1Nc1cccc(C(F)(F)F)c1. The Labute approximate surface area is 255 Å². The molecule has 0 unspecified atom stereocenters. The number of benzene rings is 3. The van der Waals surface area contributed by atoms with Crippen LogP contribution in [0.3, 0.4) is 0 Å². The molecule has 3 rings (SSSR count). The van der Waals surface area contributed by atoms with Crippen LogP contribution in [-0.2, 0) is 34.6 Å². The first-order chi connectivity index (χ1) is 21.4. The molecular weight excluding hydrogens is 583 g/mol. The van der Waals surface area contributed by atoms with E-state index < -0.39 is 17.7 Å². The summed E-state index contributed by atoms with van der Waals surface area (Å²) in [5.74, 6) is 0.193. The van der Waals surface area contributed by atoms with Gasteiger partial charge in [-0.3, -0.25) is 0 Å². The van der Waals surface area contributed by atoms with Crippen LogP contribution in [0.4, 0.5) is 24.5 Å². The molecule has 0 fully saturated rings. The summed E-state index contributed by atoms with van der Waals surface area (Å²) in [4.78, 5) is 12.5. The van der Waals surface area contributed by atoms with Crippen molar-refractivity contribution >= 4 is 17.3 Å². The monoisotopic (exact) mass is 621 g/mol. The molecule has 3 aromatic carbocycles. The van der Waals surface area contributed by atoms with Crippen LogP contribution in [0.2, 0.25) is 0 Å². The van der Waals surface area contributed by atoms with E-state index in [-0.39, 0.29) is 24.5 Å². The molecule has 0 aromatic heterocycles. The fourth-order valence-corrected chi connectivity index (χ4v) is 3.69. The molecule has 0 radical (unpaired) electrons. The van der Waals surface area contributed by atoms with E-state index in [1.807, 2.05) is 30.3 Å². The Hall–Kier alpha value is -3.68. The van der Waals surface area contributed by atoms with Crippen LogP contribution < -0.4 is 10.1 Å². The number of halogens is 3. The van der Waals surface area contributed by atoms with Crippen LogP contribution in [0.1, 0.15) is 15.9 Å². The maximum absolute atomic E-state index is 13.0. The standard InChI is InChI=1S/C32H38F3NO8/c33-32(34,35)26-7-6-8-27(25-26)36-30-12-5-4-11-29(30)31(37)44-24-22-42-20-18-40-16-14-38-13-15-39-17-19-41-21-23-43-28-9-2-1-3-10-28/h1-12,25,36H,13-24H2. The van der Waals surface area contributed by atoms with Gasteiger partial charge in [0.1, 0.15) is 19.0 Å². The molecule has 0 amide bonds. The summed E-state index contributed by atoms with van der Waals surface area (Å²) in [6, 6.07) is 20.7. The molecule has 0 heterocycles. The van der Waals surface area contributed by atoms with Crippen LogP contribution in [0, 0.1) is 0 Å². The van der Waals surface area contributed by atoms with Crippen molar-refractivity contribution in [3.05, 3.63) is 90.0 Å². The second-order valence-electron chi connectivity index (χ2n) is 9.11. The number of para-hydroxylation sites is 2. The van der Waals surface area contributed by atoms with Crippen LogP contribution in [0.15, 0.2) is 78.9 Å². The van der Waals surface area contributed by atoms with Crippen LogP contribution >= 0.6 is 0 Å². The van der Waals surface area contributed by atoms with E-state index in [2.05, 4.69) is 5.32 Å². The zero-order valence-electron chi connectivity index (χ0n) is 24.4. The molecule has 0 atom stereocenters. The van der Waals surface area contributed by atoms with E-state index >= 15 is 0 Å². The van der Waals surface area contributed by atoms with Crippen molar-refractivity contribution in [3.63, 3.8) is 0 Å². The zero-order valence-corrected chi connectivity index (χ0v) is 24.4. The highest BCUT2D eigenvalue weighted by molar-refractivity contribution is 5.96. The van der Waals surface area contributed by atoms with E-state index in [4.69, 9.17) is 33.2 Å². The molecule has 3 aromatic rings. The number of nitrogens with one attached hydrogen (secondary N) is 1. The lowest BCUT2D eigenvalue weighted by Crippen LogP contribution is -2.15. The van der Waals surface area contributed by atoms with Crippen molar-refractivity contribution < 1.29 is 51.1 Å². The lowest BCUT2D eigenvalue weighted by molar-refractivity contribution is -0.137. The first-order valence-corrected chi connectivity index (χ1v) is 14.2. The van der Waals surface area contributed by atoms with Gasteiger partial charge in [-0.25, -0.2) is 4.79 Å². The third-order valence-electron chi connectivity index (χ3n) is 5.80. The van der Waals surface area contributed by atoms with Gasteiger partial charge in [0.15, 0.2) is 0 Å². The Balaban J connectivity index is 1.13. The summed E-state index contributed by atoms with van der Waals surface area (Å²) in [6.07, 6.45) is -4.47. The van der Waals surface area contributed by atoms with Gasteiger partial charge in [0.25, 0.3) is 0 Å². The van der Waals surface area contributed by atoms with E-state index in [1.54, 1.807) is 18.2 Å². The van der Waals surface area contributed by atoms with E-state index in [9.17, 15) is 18.0 Å². The molecule has 12 heteroatoms. The Kier molecular flexibility index (Phi) is 16.1. The second kappa shape index (κ2) is 20.3. The summed E-state index contributed by atoms with van der Waals surface area (Å²) >= 11 is 0. The van der Waals surface area contributed by atoms with E-state index in [1.165, 1.54) is 18.2 Å². The number of alkyl halides is 3. The number of carbonyl (C=O) groups excluding carboxylic acids is 1. The number of esters is 1. The third kappa shape index (κ3) is 14.2. The Morgan fingerprint density at radius 2 is 1.11 bits per heavy atom. The molecule has 0 aliphatic carbocycles. The second-order valence-corrected chi connectivity index (χ2v) is 9.11. The smallest absolute Gasteiger partial charge is 0.416 e. The number of ether oxygens (including phenoxy) is 7. The van der Waals surface area contributed by atoms with Crippen LogP contribution in [0.5, 0.6) is 5.75 Å².